The average molecular weight is 232 g/mol. The van der Waals surface area contributed by atoms with Crippen LogP contribution in [0.25, 0.3) is 0 Å². The lowest BCUT2D eigenvalue weighted by molar-refractivity contribution is 0.485. The Morgan fingerprint density at radius 2 is 1.44 bits per heavy atom. The maximum absolute atomic E-state index is 9.80. The summed E-state index contributed by atoms with van der Waals surface area (Å²) in [6.07, 6.45) is 0.561. The summed E-state index contributed by atoms with van der Waals surface area (Å²) in [6.45, 7) is 0. The fourth-order valence-electron chi connectivity index (χ4n) is 1.37. The Balaban J connectivity index is 1.92. The zero-order valence-electron chi connectivity index (χ0n) is 8.78. The van der Waals surface area contributed by atoms with E-state index in [0.717, 1.165) is 5.56 Å². The number of hydrogen-bond donors (Lipinski definition) is 1. The van der Waals surface area contributed by atoms with Crippen molar-refractivity contribution in [1.82, 2.24) is 0 Å². The molecule has 0 bridgehead atoms. The van der Waals surface area contributed by atoms with E-state index in [2.05, 4.69) is 0 Å². The first kappa shape index (κ1) is 11.1. The van der Waals surface area contributed by atoms with Crippen LogP contribution >= 0.6 is 8.38 Å². The molecule has 0 aliphatic heterocycles. The molecule has 0 saturated carbocycles. The van der Waals surface area contributed by atoms with Crippen molar-refractivity contribution in [2.24, 2.45) is 0 Å². The Morgan fingerprint density at radius 3 is 2.06 bits per heavy atom. The van der Waals surface area contributed by atoms with Crippen molar-refractivity contribution in [3.05, 3.63) is 66.2 Å². The summed E-state index contributed by atoms with van der Waals surface area (Å²) in [4.78, 5) is 9.80. The van der Waals surface area contributed by atoms with Gasteiger partial charge in [-0.15, -0.1) is 0 Å². The Labute approximate surface area is 96.4 Å². The molecule has 16 heavy (non-hydrogen) atoms. The second kappa shape index (κ2) is 5.64. The van der Waals surface area contributed by atoms with Crippen LogP contribution in [0, 0.1) is 0 Å². The first-order valence-corrected chi connectivity index (χ1v) is 6.48. The molecule has 0 fully saturated rings. The maximum Gasteiger partial charge on any atom is 0.232 e. The first-order valence-electron chi connectivity index (χ1n) is 5.08. The lowest BCUT2D eigenvalue weighted by atomic mass is 10.2. The number of para-hydroxylation sites is 1. The van der Waals surface area contributed by atoms with Crippen LogP contribution in [0.1, 0.15) is 5.56 Å². The SMILES string of the molecule is OP(Cc1ccccc1)Oc1ccccc1. The molecule has 0 aliphatic carbocycles. The van der Waals surface area contributed by atoms with Crippen LogP contribution < -0.4 is 4.52 Å². The van der Waals surface area contributed by atoms with Gasteiger partial charge in [-0.2, -0.15) is 0 Å². The van der Waals surface area contributed by atoms with Crippen LogP contribution in [0.4, 0.5) is 0 Å². The summed E-state index contributed by atoms with van der Waals surface area (Å²) in [5, 5.41) is 0. The van der Waals surface area contributed by atoms with E-state index >= 15 is 0 Å². The third kappa shape index (κ3) is 3.34. The van der Waals surface area contributed by atoms with Crippen LogP contribution in [0.15, 0.2) is 60.7 Å². The minimum absolute atomic E-state index is 0.561. The smallest absolute Gasteiger partial charge is 0.232 e. The third-order valence-corrected chi connectivity index (χ3v) is 3.17. The minimum atomic E-state index is -1.43. The maximum atomic E-state index is 9.80. The van der Waals surface area contributed by atoms with E-state index in [4.69, 9.17) is 4.52 Å². The lowest BCUT2D eigenvalue weighted by Crippen LogP contribution is -1.90. The lowest BCUT2D eigenvalue weighted by Gasteiger charge is -2.11. The standard InChI is InChI=1S/C13H13O2P/c14-16(11-12-7-3-1-4-8-12)15-13-9-5-2-6-10-13/h1-10,14H,11H2. The van der Waals surface area contributed by atoms with Crippen molar-refractivity contribution in [2.75, 3.05) is 0 Å². The van der Waals surface area contributed by atoms with Gasteiger partial charge < -0.3 is 9.42 Å². The van der Waals surface area contributed by atoms with Crippen LogP contribution in [-0.4, -0.2) is 4.89 Å². The number of hydrogen-bond acceptors (Lipinski definition) is 2. The zero-order valence-corrected chi connectivity index (χ0v) is 9.68. The van der Waals surface area contributed by atoms with E-state index in [-0.39, 0.29) is 0 Å². The van der Waals surface area contributed by atoms with Gasteiger partial charge in [-0.05, 0) is 17.7 Å². The van der Waals surface area contributed by atoms with Crippen molar-refractivity contribution < 1.29 is 9.42 Å². The van der Waals surface area contributed by atoms with Crippen molar-refractivity contribution in [3.8, 4) is 5.75 Å². The van der Waals surface area contributed by atoms with Gasteiger partial charge in [-0.1, -0.05) is 48.5 Å². The second-order valence-electron chi connectivity index (χ2n) is 3.40. The van der Waals surface area contributed by atoms with Gasteiger partial charge >= 0.3 is 0 Å². The zero-order chi connectivity index (χ0) is 11.2. The Hall–Kier alpha value is -1.37. The highest BCUT2D eigenvalue weighted by Crippen LogP contribution is 2.37. The van der Waals surface area contributed by atoms with Gasteiger partial charge in [0.15, 0.2) is 0 Å². The molecule has 2 aromatic rings. The van der Waals surface area contributed by atoms with E-state index in [0.29, 0.717) is 11.9 Å². The summed E-state index contributed by atoms with van der Waals surface area (Å²) in [5.74, 6) is 0.715. The van der Waals surface area contributed by atoms with E-state index < -0.39 is 8.38 Å². The van der Waals surface area contributed by atoms with Crippen LogP contribution in [0.3, 0.4) is 0 Å². The molecule has 82 valence electrons. The molecule has 0 spiro atoms. The van der Waals surface area contributed by atoms with Crippen molar-refractivity contribution >= 4 is 8.38 Å². The molecule has 3 heteroatoms. The average Bonchev–Trinajstić information content (AvgIpc) is 2.31. The van der Waals surface area contributed by atoms with Gasteiger partial charge in [0.25, 0.3) is 0 Å². The van der Waals surface area contributed by atoms with Crippen molar-refractivity contribution in [2.45, 2.75) is 6.16 Å². The van der Waals surface area contributed by atoms with Gasteiger partial charge in [-0.25, -0.2) is 0 Å². The second-order valence-corrected chi connectivity index (χ2v) is 4.60. The number of benzene rings is 2. The van der Waals surface area contributed by atoms with Crippen molar-refractivity contribution in [1.29, 1.82) is 0 Å². The number of rotatable bonds is 4. The molecule has 2 nitrogen and oxygen atoms in total. The Kier molecular flexibility index (Phi) is 3.92. The van der Waals surface area contributed by atoms with Gasteiger partial charge in [-0.3, -0.25) is 0 Å². The van der Waals surface area contributed by atoms with E-state index in [1.807, 2.05) is 60.7 Å². The van der Waals surface area contributed by atoms with Crippen LogP contribution in [-0.2, 0) is 6.16 Å². The van der Waals surface area contributed by atoms with E-state index in [1.54, 1.807) is 0 Å². The third-order valence-electron chi connectivity index (χ3n) is 2.11. The molecule has 0 radical (unpaired) electrons. The predicted octanol–water partition coefficient (Wildman–Crippen LogP) is 3.57. The predicted molar refractivity (Wildman–Crippen MR) is 66.4 cm³/mol. The summed E-state index contributed by atoms with van der Waals surface area (Å²) < 4.78 is 5.44. The highest BCUT2D eigenvalue weighted by Gasteiger charge is 2.07. The molecular weight excluding hydrogens is 219 g/mol. The largest absolute Gasteiger partial charge is 0.447 e. The van der Waals surface area contributed by atoms with Crippen molar-refractivity contribution in [3.63, 3.8) is 0 Å². The molecule has 0 saturated heterocycles. The molecule has 1 unspecified atom stereocenters. The molecular formula is C13H13O2P. The molecule has 1 atom stereocenters. The minimum Gasteiger partial charge on any atom is -0.447 e. The van der Waals surface area contributed by atoms with Gasteiger partial charge in [0.1, 0.15) is 5.75 Å². The monoisotopic (exact) mass is 232 g/mol. The molecule has 0 heterocycles. The molecule has 2 rings (SSSR count). The molecule has 0 amide bonds. The highest BCUT2D eigenvalue weighted by atomic mass is 31.2. The molecule has 0 aliphatic rings. The Bertz CT molecular complexity index is 375. The molecule has 0 aromatic heterocycles. The first-order chi connectivity index (χ1) is 7.84. The summed E-state index contributed by atoms with van der Waals surface area (Å²) in [6, 6.07) is 19.2. The normalized spacial score (nSPS) is 12.1. The summed E-state index contributed by atoms with van der Waals surface area (Å²) in [7, 11) is -1.43. The summed E-state index contributed by atoms with van der Waals surface area (Å²) >= 11 is 0. The fourth-order valence-corrected chi connectivity index (χ4v) is 2.33. The molecule has 2 aromatic carbocycles. The van der Waals surface area contributed by atoms with E-state index in [1.165, 1.54) is 0 Å². The van der Waals surface area contributed by atoms with Crippen LogP contribution in [0.5, 0.6) is 5.75 Å². The molecule has 1 N–H and O–H groups in total. The van der Waals surface area contributed by atoms with Gasteiger partial charge in [0.05, 0.1) is 6.16 Å². The van der Waals surface area contributed by atoms with Gasteiger partial charge in [0.2, 0.25) is 8.38 Å². The fraction of sp³-hybridized carbons (Fsp3) is 0.0769. The van der Waals surface area contributed by atoms with Gasteiger partial charge in [0, 0.05) is 0 Å². The van der Waals surface area contributed by atoms with Crippen LogP contribution in [0.2, 0.25) is 0 Å². The van der Waals surface area contributed by atoms with E-state index in [9.17, 15) is 4.89 Å². The topological polar surface area (TPSA) is 29.5 Å². The Morgan fingerprint density at radius 1 is 0.875 bits per heavy atom. The summed E-state index contributed by atoms with van der Waals surface area (Å²) in [5.41, 5.74) is 1.09. The quantitative estimate of drug-likeness (QED) is 0.816. The highest BCUT2D eigenvalue weighted by molar-refractivity contribution is 7.45.